The molecule has 2 aromatic rings. The molecule has 1 saturated heterocycles. The number of hydrogen-bond donors (Lipinski definition) is 0. The summed E-state index contributed by atoms with van der Waals surface area (Å²) in [4.78, 5) is 15.0. The molecular formula is C22H23NO2S2. The van der Waals surface area contributed by atoms with Gasteiger partial charge in [0.05, 0.1) is 4.91 Å². The van der Waals surface area contributed by atoms with Gasteiger partial charge in [0.2, 0.25) is 0 Å². The van der Waals surface area contributed by atoms with Crippen LogP contribution in [0.5, 0.6) is 5.75 Å². The summed E-state index contributed by atoms with van der Waals surface area (Å²) in [7, 11) is 0. The number of thioether (sulfide) groups is 1. The van der Waals surface area contributed by atoms with Crippen molar-refractivity contribution < 1.29 is 9.53 Å². The lowest BCUT2D eigenvalue weighted by Crippen LogP contribution is -2.28. The maximum absolute atomic E-state index is 12.7. The Morgan fingerprint density at radius 2 is 1.89 bits per heavy atom. The van der Waals surface area contributed by atoms with E-state index in [9.17, 15) is 4.79 Å². The van der Waals surface area contributed by atoms with Gasteiger partial charge in [0.15, 0.2) is 0 Å². The van der Waals surface area contributed by atoms with E-state index in [0.29, 0.717) is 22.4 Å². The van der Waals surface area contributed by atoms with E-state index in [0.717, 1.165) is 29.7 Å². The zero-order chi connectivity index (χ0) is 19.2. The maximum Gasteiger partial charge on any atom is 0.266 e. The molecule has 1 fully saturated rings. The Bertz CT molecular complexity index is 859. The van der Waals surface area contributed by atoms with Crippen molar-refractivity contribution >= 4 is 40.3 Å². The second kappa shape index (κ2) is 9.20. The number of amides is 1. The molecule has 27 heavy (non-hydrogen) atoms. The van der Waals surface area contributed by atoms with Gasteiger partial charge in [0.25, 0.3) is 5.91 Å². The lowest BCUT2D eigenvalue weighted by molar-refractivity contribution is -0.122. The Balaban J connectivity index is 1.75. The number of nitrogens with zero attached hydrogens (tertiary/aromatic N) is 1. The minimum absolute atomic E-state index is 0.00760. The molecule has 0 radical (unpaired) electrons. The minimum Gasteiger partial charge on any atom is -0.488 e. The molecule has 1 aliphatic heterocycles. The van der Waals surface area contributed by atoms with Crippen molar-refractivity contribution in [2.45, 2.75) is 33.3 Å². The van der Waals surface area contributed by atoms with Gasteiger partial charge in [-0.05, 0) is 31.1 Å². The highest BCUT2D eigenvalue weighted by Crippen LogP contribution is 2.34. The van der Waals surface area contributed by atoms with Gasteiger partial charge >= 0.3 is 0 Å². The summed E-state index contributed by atoms with van der Waals surface area (Å²) in [5.41, 5.74) is 3.23. The summed E-state index contributed by atoms with van der Waals surface area (Å²) in [6.45, 7) is 5.35. The molecule has 0 bridgehead atoms. The number of hydrogen-bond acceptors (Lipinski definition) is 4. The first-order valence-electron chi connectivity index (χ1n) is 9.11. The van der Waals surface area contributed by atoms with Gasteiger partial charge in [-0.15, -0.1) is 0 Å². The number of unbranched alkanes of at least 4 members (excludes halogenated alkanes) is 1. The molecule has 0 saturated carbocycles. The molecule has 0 atom stereocenters. The second-order valence-electron chi connectivity index (χ2n) is 6.50. The minimum atomic E-state index is -0.00760. The lowest BCUT2D eigenvalue weighted by Gasteiger charge is -2.13. The number of rotatable bonds is 7. The Kier molecular flexibility index (Phi) is 6.69. The summed E-state index contributed by atoms with van der Waals surface area (Å²) in [6, 6.07) is 16.1. The van der Waals surface area contributed by atoms with E-state index in [4.69, 9.17) is 17.0 Å². The third kappa shape index (κ3) is 4.99. The smallest absolute Gasteiger partial charge is 0.266 e. The zero-order valence-corrected chi connectivity index (χ0v) is 17.2. The van der Waals surface area contributed by atoms with Crippen molar-refractivity contribution in [3.8, 4) is 5.75 Å². The van der Waals surface area contributed by atoms with E-state index < -0.39 is 0 Å². The van der Waals surface area contributed by atoms with Crippen LogP contribution in [0.1, 0.15) is 36.5 Å². The zero-order valence-electron chi connectivity index (χ0n) is 15.6. The lowest BCUT2D eigenvalue weighted by atomic mass is 10.1. The summed E-state index contributed by atoms with van der Waals surface area (Å²) >= 11 is 6.74. The Morgan fingerprint density at radius 1 is 1.15 bits per heavy atom. The van der Waals surface area contributed by atoms with Crippen LogP contribution < -0.4 is 4.74 Å². The van der Waals surface area contributed by atoms with E-state index in [-0.39, 0.29) is 5.91 Å². The average Bonchev–Trinajstić information content (AvgIpc) is 2.93. The molecule has 1 heterocycles. The van der Waals surface area contributed by atoms with Gasteiger partial charge in [0.1, 0.15) is 16.7 Å². The fourth-order valence-electron chi connectivity index (χ4n) is 2.73. The van der Waals surface area contributed by atoms with Crippen LogP contribution in [-0.2, 0) is 11.4 Å². The van der Waals surface area contributed by atoms with E-state index in [1.165, 1.54) is 17.3 Å². The van der Waals surface area contributed by atoms with Crippen LogP contribution >= 0.6 is 24.0 Å². The molecule has 5 heteroatoms. The van der Waals surface area contributed by atoms with Crippen LogP contribution in [0, 0.1) is 6.92 Å². The predicted molar refractivity (Wildman–Crippen MR) is 117 cm³/mol. The molecule has 0 aromatic heterocycles. The van der Waals surface area contributed by atoms with Crippen molar-refractivity contribution in [3.05, 3.63) is 70.1 Å². The van der Waals surface area contributed by atoms with E-state index >= 15 is 0 Å². The summed E-state index contributed by atoms with van der Waals surface area (Å²) in [6.07, 6.45) is 3.87. The summed E-state index contributed by atoms with van der Waals surface area (Å²) in [5, 5.41) is 0. The van der Waals surface area contributed by atoms with Crippen LogP contribution in [0.3, 0.4) is 0 Å². The van der Waals surface area contributed by atoms with Gasteiger partial charge in [-0.3, -0.25) is 9.69 Å². The number of ether oxygens (including phenoxy) is 1. The standard InChI is InChI=1S/C22H23NO2S2/c1-3-4-13-23-21(24)20(27-22(23)26)14-18-7-5-6-8-19(18)25-15-17-11-9-16(2)10-12-17/h5-12,14H,3-4,13,15H2,1-2H3/b20-14+. The highest BCUT2D eigenvalue weighted by molar-refractivity contribution is 8.26. The molecule has 0 spiro atoms. The van der Waals surface area contributed by atoms with Gasteiger partial charge in [0, 0.05) is 12.1 Å². The second-order valence-corrected chi connectivity index (χ2v) is 8.17. The van der Waals surface area contributed by atoms with Gasteiger partial charge < -0.3 is 4.74 Å². The van der Waals surface area contributed by atoms with Crippen molar-refractivity contribution in [1.29, 1.82) is 0 Å². The first-order chi connectivity index (χ1) is 13.1. The molecular weight excluding hydrogens is 374 g/mol. The van der Waals surface area contributed by atoms with Gasteiger partial charge in [-0.1, -0.05) is 85.4 Å². The van der Waals surface area contributed by atoms with Crippen molar-refractivity contribution in [3.63, 3.8) is 0 Å². The fraction of sp³-hybridized carbons (Fsp3) is 0.273. The number of para-hydroxylation sites is 1. The third-order valence-corrected chi connectivity index (χ3v) is 5.71. The van der Waals surface area contributed by atoms with Gasteiger partial charge in [-0.2, -0.15) is 0 Å². The number of carbonyl (C=O) groups is 1. The molecule has 1 aliphatic rings. The van der Waals surface area contributed by atoms with Crippen LogP contribution in [0.4, 0.5) is 0 Å². The topological polar surface area (TPSA) is 29.5 Å². The number of aryl methyl sites for hydroxylation is 1. The van der Waals surface area contributed by atoms with Gasteiger partial charge in [-0.25, -0.2) is 0 Å². The average molecular weight is 398 g/mol. The van der Waals surface area contributed by atoms with Crippen LogP contribution in [0.15, 0.2) is 53.4 Å². The molecule has 0 aliphatic carbocycles. The normalized spacial score (nSPS) is 15.6. The quantitative estimate of drug-likeness (QED) is 0.451. The Labute approximate surface area is 170 Å². The van der Waals surface area contributed by atoms with E-state index in [1.807, 2.05) is 30.3 Å². The molecule has 3 nitrogen and oxygen atoms in total. The van der Waals surface area contributed by atoms with Crippen molar-refractivity contribution in [1.82, 2.24) is 4.90 Å². The summed E-state index contributed by atoms with van der Waals surface area (Å²) in [5.74, 6) is 0.753. The van der Waals surface area contributed by atoms with Crippen LogP contribution in [-0.4, -0.2) is 21.7 Å². The highest BCUT2D eigenvalue weighted by Gasteiger charge is 2.31. The SMILES string of the molecule is CCCCN1C(=O)/C(=C\c2ccccc2OCc2ccc(C)cc2)SC1=S. The first kappa shape index (κ1) is 19.6. The number of benzene rings is 2. The molecule has 0 N–H and O–H groups in total. The third-order valence-electron chi connectivity index (χ3n) is 4.33. The van der Waals surface area contributed by atoms with E-state index in [2.05, 4.69) is 38.1 Å². The molecule has 140 valence electrons. The monoisotopic (exact) mass is 397 g/mol. The Hall–Kier alpha value is -2.11. The van der Waals surface area contributed by atoms with Crippen LogP contribution in [0.2, 0.25) is 0 Å². The van der Waals surface area contributed by atoms with E-state index in [1.54, 1.807) is 4.90 Å². The first-order valence-corrected chi connectivity index (χ1v) is 10.3. The molecule has 2 aromatic carbocycles. The number of thiocarbonyl (C=S) groups is 1. The molecule has 0 unspecified atom stereocenters. The molecule has 1 amide bonds. The predicted octanol–water partition coefficient (Wildman–Crippen LogP) is 5.58. The van der Waals surface area contributed by atoms with Crippen LogP contribution in [0.25, 0.3) is 6.08 Å². The van der Waals surface area contributed by atoms with Crippen molar-refractivity contribution in [2.75, 3.05) is 6.54 Å². The largest absolute Gasteiger partial charge is 0.488 e. The van der Waals surface area contributed by atoms with Crippen molar-refractivity contribution in [2.24, 2.45) is 0 Å². The highest BCUT2D eigenvalue weighted by atomic mass is 32.2. The molecule has 3 rings (SSSR count). The number of carbonyl (C=O) groups excluding carboxylic acids is 1. The Morgan fingerprint density at radius 3 is 2.63 bits per heavy atom. The summed E-state index contributed by atoms with van der Waals surface area (Å²) < 4.78 is 6.65. The maximum atomic E-state index is 12.7. The fourth-order valence-corrected chi connectivity index (χ4v) is 4.03.